The standard InChI is InChI=1S/C9H8ClN5O.H2O/c1-5-9(14-16)6(2)15(13-5)8-3-7(10)11-4-12-8;/h3-4H,1-2H3;1H2. The Morgan fingerprint density at radius 2 is 2.12 bits per heavy atom. The van der Waals surface area contributed by atoms with Crippen LogP contribution in [0.25, 0.3) is 5.82 Å². The molecule has 0 aliphatic heterocycles. The summed E-state index contributed by atoms with van der Waals surface area (Å²) >= 11 is 5.76. The minimum Gasteiger partial charge on any atom is -0.870 e. The van der Waals surface area contributed by atoms with E-state index >= 15 is 0 Å². The molecule has 0 aliphatic carbocycles. The molecule has 2 aromatic rings. The van der Waals surface area contributed by atoms with Crippen LogP contribution >= 0.6 is 11.6 Å². The van der Waals surface area contributed by atoms with E-state index in [-0.39, 0.29) is 5.48 Å². The molecule has 8 heteroatoms. The van der Waals surface area contributed by atoms with E-state index in [2.05, 4.69) is 20.2 Å². The summed E-state index contributed by atoms with van der Waals surface area (Å²) in [7, 11) is 0. The lowest BCUT2D eigenvalue weighted by Crippen LogP contribution is -2.36. The summed E-state index contributed by atoms with van der Waals surface area (Å²) in [5.74, 6) is 0.565. The highest BCUT2D eigenvalue weighted by Crippen LogP contribution is 2.19. The summed E-state index contributed by atoms with van der Waals surface area (Å²) in [6.45, 7) is 3.54. The van der Waals surface area contributed by atoms with E-state index in [0.717, 1.165) is 0 Å². The van der Waals surface area contributed by atoms with Crippen molar-refractivity contribution in [2.75, 3.05) is 0 Å². The Kier molecular flexibility index (Phi) is 3.87. The zero-order valence-electron chi connectivity index (χ0n) is 9.18. The number of hydrogen-bond acceptors (Lipinski definition) is 5. The zero-order chi connectivity index (χ0) is 11.7. The number of aryl methyl sites for hydroxylation is 1. The van der Waals surface area contributed by atoms with Gasteiger partial charge in [-0.1, -0.05) is 11.6 Å². The summed E-state index contributed by atoms with van der Waals surface area (Å²) < 4.78 is 1.64. The third kappa shape index (κ3) is 2.29. The minimum atomic E-state index is 0. The fraction of sp³-hybridized carbons (Fsp3) is 0.222. The molecular weight excluding hydrogens is 246 g/mol. The van der Waals surface area contributed by atoms with Gasteiger partial charge in [-0.15, -0.1) is 9.59 Å². The van der Waals surface area contributed by atoms with E-state index in [1.165, 1.54) is 6.33 Å². The molecule has 2 rings (SSSR count). The first kappa shape index (κ1) is 13.2. The second-order valence-electron chi connectivity index (χ2n) is 3.30. The highest BCUT2D eigenvalue weighted by atomic mass is 35.5. The number of H-pyrrole nitrogens is 1. The van der Waals surface area contributed by atoms with Gasteiger partial charge in [-0.3, -0.25) is 0 Å². The Bertz CT molecular complexity index is 554. The fourth-order valence-corrected chi connectivity index (χ4v) is 1.63. The smallest absolute Gasteiger partial charge is 0.351 e. The Morgan fingerprint density at radius 1 is 1.41 bits per heavy atom. The van der Waals surface area contributed by atoms with Gasteiger partial charge in [0.1, 0.15) is 5.15 Å². The molecule has 0 aliphatic rings. The van der Waals surface area contributed by atoms with Crippen LogP contribution < -0.4 is 4.68 Å². The number of nitrogens with zero attached hydrogens (tertiary/aromatic N) is 4. The van der Waals surface area contributed by atoms with Crippen molar-refractivity contribution >= 4 is 17.3 Å². The highest BCUT2D eigenvalue weighted by molar-refractivity contribution is 6.29. The van der Waals surface area contributed by atoms with Gasteiger partial charge < -0.3 is 5.48 Å². The van der Waals surface area contributed by atoms with Crippen molar-refractivity contribution in [2.45, 2.75) is 13.8 Å². The molecule has 2 heterocycles. The zero-order valence-corrected chi connectivity index (χ0v) is 9.93. The quantitative estimate of drug-likeness (QED) is 0.499. The van der Waals surface area contributed by atoms with E-state index in [9.17, 15) is 4.91 Å². The molecule has 0 aromatic carbocycles. The number of halogens is 1. The lowest BCUT2D eigenvalue weighted by Gasteiger charge is -1.92. The molecule has 0 saturated carbocycles. The third-order valence-corrected chi connectivity index (χ3v) is 2.46. The van der Waals surface area contributed by atoms with Crippen LogP contribution in [0.1, 0.15) is 11.4 Å². The molecule has 0 atom stereocenters. The van der Waals surface area contributed by atoms with Crippen LogP contribution in [0.15, 0.2) is 17.6 Å². The van der Waals surface area contributed by atoms with Gasteiger partial charge >= 0.3 is 5.82 Å². The summed E-state index contributed by atoms with van der Waals surface area (Å²) in [6, 6.07) is 1.60. The molecule has 0 unspecified atom stereocenters. The molecule has 0 saturated heterocycles. The van der Waals surface area contributed by atoms with E-state index in [4.69, 9.17) is 11.6 Å². The van der Waals surface area contributed by atoms with Crippen molar-refractivity contribution in [3.8, 4) is 5.82 Å². The number of rotatable bonds is 2. The van der Waals surface area contributed by atoms with Crippen LogP contribution in [-0.4, -0.2) is 20.5 Å². The molecule has 7 nitrogen and oxygen atoms in total. The van der Waals surface area contributed by atoms with Crippen molar-refractivity contribution in [3.63, 3.8) is 0 Å². The van der Waals surface area contributed by atoms with Gasteiger partial charge in [-0.25, -0.2) is 10.1 Å². The number of aromatic nitrogens is 4. The van der Waals surface area contributed by atoms with Crippen molar-refractivity contribution in [1.82, 2.24) is 15.1 Å². The Balaban J connectivity index is 0.00000144. The van der Waals surface area contributed by atoms with Gasteiger partial charge in [0.2, 0.25) is 6.33 Å². The van der Waals surface area contributed by atoms with Crippen molar-refractivity contribution in [3.05, 3.63) is 33.8 Å². The minimum absolute atomic E-state index is 0. The normalized spacial score (nSPS) is 9.82. The van der Waals surface area contributed by atoms with E-state index in [1.807, 2.05) is 0 Å². The lowest BCUT2D eigenvalue weighted by atomic mass is 10.3. The molecule has 0 amide bonds. The van der Waals surface area contributed by atoms with Crippen molar-refractivity contribution < 1.29 is 10.2 Å². The maximum atomic E-state index is 10.6. The van der Waals surface area contributed by atoms with Crippen LogP contribution in [-0.2, 0) is 0 Å². The number of nitrogens with one attached hydrogen (secondary N) is 1. The Hall–Kier alpha value is -1.86. The first-order valence-corrected chi connectivity index (χ1v) is 4.93. The van der Waals surface area contributed by atoms with Gasteiger partial charge in [-0.05, 0) is 17.1 Å². The number of hydrogen-bond donors (Lipinski definition) is 1. The summed E-state index contributed by atoms with van der Waals surface area (Å²) in [6.07, 6.45) is 1.36. The van der Waals surface area contributed by atoms with Crippen molar-refractivity contribution in [2.24, 2.45) is 5.18 Å². The van der Waals surface area contributed by atoms with Crippen LogP contribution in [0.2, 0.25) is 5.15 Å². The second-order valence-corrected chi connectivity index (χ2v) is 3.68. The number of nitroso groups, excluding NO2 is 1. The Labute approximate surface area is 102 Å². The number of aromatic amines is 1. The van der Waals surface area contributed by atoms with Gasteiger partial charge in [0.25, 0.3) is 0 Å². The predicted octanol–water partition coefficient (Wildman–Crippen LogP) is 1.57. The maximum Gasteiger partial charge on any atom is 0.351 e. The molecule has 0 fully saturated rings. The SMILES string of the molecule is Cc1[nH][n+](-c2cc(Cl)ncn2)c(C)c1N=O.[OH-]. The summed E-state index contributed by atoms with van der Waals surface area (Å²) in [5, 5.41) is 6.28. The molecule has 0 spiro atoms. The Morgan fingerprint density at radius 3 is 2.65 bits per heavy atom. The second kappa shape index (κ2) is 4.98. The monoisotopic (exact) mass is 255 g/mol. The first-order chi connectivity index (χ1) is 7.63. The maximum absolute atomic E-state index is 10.6. The topological polar surface area (TPSA) is 105 Å². The van der Waals surface area contributed by atoms with Gasteiger partial charge in [0.05, 0.1) is 11.8 Å². The fourth-order valence-electron chi connectivity index (χ4n) is 1.49. The molecule has 90 valence electrons. The molecule has 0 radical (unpaired) electrons. The average Bonchev–Trinajstić information content (AvgIpc) is 2.54. The van der Waals surface area contributed by atoms with Crippen LogP contribution in [0.3, 0.4) is 0 Å². The molecule has 2 aromatic heterocycles. The largest absolute Gasteiger partial charge is 0.870 e. The molecule has 0 bridgehead atoms. The van der Waals surface area contributed by atoms with E-state index in [0.29, 0.717) is 28.0 Å². The summed E-state index contributed by atoms with van der Waals surface area (Å²) in [5.41, 5.74) is 1.75. The average molecular weight is 256 g/mol. The van der Waals surface area contributed by atoms with Gasteiger partial charge in [0.15, 0.2) is 11.4 Å². The molecule has 2 N–H and O–H groups in total. The lowest BCUT2D eigenvalue weighted by molar-refractivity contribution is -0.665. The van der Waals surface area contributed by atoms with Gasteiger partial charge in [-0.2, -0.15) is 0 Å². The van der Waals surface area contributed by atoms with E-state index < -0.39 is 0 Å². The van der Waals surface area contributed by atoms with Crippen LogP contribution in [0.5, 0.6) is 0 Å². The highest BCUT2D eigenvalue weighted by Gasteiger charge is 2.20. The van der Waals surface area contributed by atoms with Crippen molar-refractivity contribution in [1.29, 1.82) is 0 Å². The molecule has 17 heavy (non-hydrogen) atoms. The predicted molar refractivity (Wildman–Crippen MR) is 59.8 cm³/mol. The van der Waals surface area contributed by atoms with E-state index in [1.54, 1.807) is 24.6 Å². The van der Waals surface area contributed by atoms with Crippen LogP contribution in [0.4, 0.5) is 5.69 Å². The third-order valence-electron chi connectivity index (χ3n) is 2.25. The summed E-state index contributed by atoms with van der Waals surface area (Å²) in [4.78, 5) is 18.5. The van der Waals surface area contributed by atoms with Gasteiger partial charge in [0, 0.05) is 6.92 Å². The van der Waals surface area contributed by atoms with Crippen LogP contribution in [0, 0.1) is 18.8 Å². The first-order valence-electron chi connectivity index (χ1n) is 4.56. The molecular formula is C9H10ClN5O2.